The molecule has 5 heteroatoms. The maximum absolute atomic E-state index is 9.89. The van der Waals surface area contributed by atoms with Gasteiger partial charge < -0.3 is 4.40 Å². The fraction of sp³-hybridized carbons (Fsp3) is 0. The number of nitriles is 1. The van der Waals surface area contributed by atoms with E-state index in [2.05, 4.69) is 40.2 Å². The van der Waals surface area contributed by atoms with Gasteiger partial charge in [0, 0.05) is 26.8 Å². The van der Waals surface area contributed by atoms with Gasteiger partial charge in [-0.05, 0) is 48.0 Å². The molecule has 3 nitrogen and oxygen atoms in total. The molecule has 0 radical (unpaired) electrons. The normalized spacial score (nSPS) is 11.1. The van der Waals surface area contributed by atoms with E-state index in [1.54, 1.807) is 0 Å². The third kappa shape index (κ3) is 3.00. The van der Waals surface area contributed by atoms with Crippen LogP contribution in [0, 0.1) is 11.3 Å². The molecule has 2 aromatic carbocycles. The molecule has 0 saturated heterocycles. The summed E-state index contributed by atoms with van der Waals surface area (Å²) >= 11 is 9.57. The predicted molar refractivity (Wildman–Crippen MR) is 121 cm³/mol. The Bertz CT molecular complexity index is 1410. The Morgan fingerprint density at radius 1 is 0.931 bits per heavy atom. The molecule has 0 atom stereocenters. The molecule has 0 amide bonds. The highest BCUT2D eigenvalue weighted by atomic mass is 79.9. The lowest BCUT2D eigenvalue weighted by molar-refractivity contribution is 1.25. The van der Waals surface area contributed by atoms with Crippen molar-refractivity contribution < 1.29 is 0 Å². The van der Waals surface area contributed by atoms with Crippen molar-refractivity contribution in [1.82, 2.24) is 9.38 Å². The van der Waals surface area contributed by atoms with Crippen LogP contribution in [0.25, 0.3) is 38.9 Å². The van der Waals surface area contributed by atoms with Gasteiger partial charge >= 0.3 is 0 Å². The number of hydrogen-bond acceptors (Lipinski definition) is 2. The van der Waals surface area contributed by atoms with Crippen molar-refractivity contribution in [3.8, 4) is 28.5 Å². The van der Waals surface area contributed by atoms with Crippen LogP contribution < -0.4 is 0 Å². The van der Waals surface area contributed by atoms with E-state index in [4.69, 9.17) is 16.6 Å². The van der Waals surface area contributed by atoms with Gasteiger partial charge in [-0.15, -0.1) is 0 Å². The van der Waals surface area contributed by atoms with Crippen LogP contribution in [0.1, 0.15) is 5.56 Å². The summed E-state index contributed by atoms with van der Waals surface area (Å²) < 4.78 is 3.06. The number of nitrogens with zero attached hydrogens (tertiary/aromatic N) is 3. The highest BCUT2D eigenvalue weighted by Gasteiger charge is 2.19. The van der Waals surface area contributed by atoms with E-state index in [1.165, 1.54) is 0 Å². The van der Waals surface area contributed by atoms with Gasteiger partial charge in [0.25, 0.3) is 0 Å². The van der Waals surface area contributed by atoms with E-state index >= 15 is 0 Å². The van der Waals surface area contributed by atoms with Gasteiger partial charge in [0.2, 0.25) is 0 Å². The molecule has 0 aliphatic carbocycles. The maximum atomic E-state index is 9.89. The standard InChI is InChI=1S/C24H13BrClN3/c25-17-8-4-15(5-9-17)19-13-21(16-6-10-18(26)11-7-16)28-23-20(14-27)22-3-1-2-12-29(22)24(19)23/h1-13H. The first-order chi connectivity index (χ1) is 14.2. The Morgan fingerprint density at radius 2 is 1.66 bits per heavy atom. The molecule has 0 aliphatic rings. The minimum absolute atomic E-state index is 0.578. The lowest BCUT2D eigenvalue weighted by atomic mass is 10.0. The molecule has 5 aromatic rings. The number of hydrogen-bond donors (Lipinski definition) is 0. The van der Waals surface area contributed by atoms with E-state index in [0.717, 1.165) is 37.9 Å². The highest BCUT2D eigenvalue weighted by Crippen LogP contribution is 2.36. The molecule has 3 heterocycles. The van der Waals surface area contributed by atoms with Gasteiger partial charge in [0.15, 0.2) is 0 Å². The monoisotopic (exact) mass is 457 g/mol. The second kappa shape index (κ2) is 7.04. The first-order valence-electron chi connectivity index (χ1n) is 9.01. The van der Waals surface area contributed by atoms with Crippen molar-refractivity contribution >= 4 is 44.1 Å². The highest BCUT2D eigenvalue weighted by molar-refractivity contribution is 9.10. The predicted octanol–water partition coefficient (Wildman–Crippen LogP) is 7.11. The zero-order chi connectivity index (χ0) is 20.0. The minimum atomic E-state index is 0.578. The van der Waals surface area contributed by atoms with Crippen LogP contribution in [0.4, 0.5) is 0 Å². The Balaban J connectivity index is 1.93. The second-order valence-electron chi connectivity index (χ2n) is 6.71. The number of fused-ring (bicyclic) bond motifs is 3. The van der Waals surface area contributed by atoms with Crippen molar-refractivity contribution in [1.29, 1.82) is 5.26 Å². The fourth-order valence-electron chi connectivity index (χ4n) is 3.65. The molecule has 0 unspecified atom stereocenters. The first-order valence-corrected chi connectivity index (χ1v) is 10.2. The number of rotatable bonds is 2. The Hall–Kier alpha value is -3.13. The van der Waals surface area contributed by atoms with Gasteiger partial charge in [0.05, 0.1) is 16.7 Å². The van der Waals surface area contributed by atoms with Gasteiger partial charge in [-0.2, -0.15) is 5.26 Å². The minimum Gasteiger partial charge on any atom is -0.313 e. The van der Waals surface area contributed by atoms with Gasteiger partial charge in [0.1, 0.15) is 17.1 Å². The molecule has 0 saturated carbocycles. The van der Waals surface area contributed by atoms with Crippen molar-refractivity contribution in [3.05, 3.63) is 94.1 Å². The van der Waals surface area contributed by atoms with Crippen molar-refractivity contribution in [2.75, 3.05) is 0 Å². The summed E-state index contributed by atoms with van der Waals surface area (Å²) in [5, 5.41) is 10.6. The molecule has 3 aromatic heterocycles. The van der Waals surface area contributed by atoms with E-state index < -0.39 is 0 Å². The third-order valence-corrected chi connectivity index (χ3v) is 5.77. The van der Waals surface area contributed by atoms with E-state index in [-0.39, 0.29) is 0 Å². The topological polar surface area (TPSA) is 41.1 Å². The van der Waals surface area contributed by atoms with E-state index in [0.29, 0.717) is 16.1 Å². The molecule has 138 valence electrons. The SMILES string of the molecule is N#Cc1c2nc(-c3ccc(Cl)cc3)cc(-c3ccc(Br)cc3)c2n2ccccc12. The van der Waals surface area contributed by atoms with Crippen LogP contribution in [0.2, 0.25) is 5.02 Å². The van der Waals surface area contributed by atoms with E-state index in [1.807, 2.05) is 65.2 Å². The number of pyridine rings is 2. The summed E-state index contributed by atoms with van der Waals surface area (Å²) in [6.07, 6.45) is 1.98. The van der Waals surface area contributed by atoms with Crippen LogP contribution in [0.5, 0.6) is 0 Å². The molecule has 0 spiro atoms. The van der Waals surface area contributed by atoms with Crippen LogP contribution in [0.15, 0.2) is 83.5 Å². The summed E-state index contributed by atoms with van der Waals surface area (Å²) in [4.78, 5) is 4.89. The average Bonchev–Trinajstić information content (AvgIpc) is 3.08. The summed E-state index contributed by atoms with van der Waals surface area (Å²) in [6.45, 7) is 0. The summed E-state index contributed by atoms with van der Waals surface area (Å²) in [5.74, 6) is 0. The number of aromatic nitrogens is 2. The average molecular weight is 459 g/mol. The fourth-order valence-corrected chi connectivity index (χ4v) is 4.04. The van der Waals surface area contributed by atoms with Crippen LogP contribution in [-0.4, -0.2) is 9.38 Å². The second-order valence-corrected chi connectivity index (χ2v) is 8.06. The maximum Gasteiger partial charge on any atom is 0.108 e. The zero-order valence-electron chi connectivity index (χ0n) is 15.1. The van der Waals surface area contributed by atoms with Crippen LogP contribution in [0.3, 0.4) is 0 Å². The quantitative estimate of drug-likeness (QED) is 0.283. The Labute approximate surface area is 180 Å². The zero-order valence-corrected chi connectivity index (χ0v) is 17.4. The smallest absolute Gasteiger partial charge is 0.108 e. The number of benzene rings is 2. The molecule has 0 fully saturated rings. The molecule has 0 bridgehead atoms. The lowest BCUT2D eigenvalue weighted by Gasteiger charge is -2.10. The van der Waals surface area contributed by atoms with Gasteiger partial charge in [-0.3, -0.25) is 0 Å². The third-order valence-electron chi connectivity index (χ3n) is 4.99. The summed E-state index contributed by atoms with van der Waals surface area (Å²) in [5.41, 5.74) is 6.90. The summed E-state index contributed by atoms with van der Waals surface area (Å²) in [7, 11) is 0. The first kappa shape index (κ1) is 17.9. The molecular formula is C24H13BrClN3. The molecule has 29 heavy (non-hydrogen) atoms. The molecule has 5 rings (SSSR count). The number of halogens is 2. The Kier molecular flexibility index (Phi) is 4.35. The van der Waals surface area contributed by atoms with Crippen LogP contribution in [-0.2, 0) is 0 Å². The molecule has 0 N–H and O–H groups in total. The molecular weight excluding hydrogens is 446 g/mol. The van der Waals surface area contributed by atoms with Gasteiger partial charge in [-0.1, -0.05) is 57.9 Å². The van der Waals surface area contributed by atoms with Gasteiger partial charge in [-0.25, -0.2) is 4.98 Å². The largest absolute Gasteiger partial charge is 0.313 e. The van der Waals surface area contributed by atoms with Crippen molar-refractivity contribution in [3.63, 3.8) is 0 Å². The van der Waals surface area contributed by atoms with Crippen molar-refractivity contribution in [2.24, 2.45) is 0 Å². The van der Waals surface area contributed by atoms with Crippen molar-refractivity contribution in [2.45, 2.75) is 0 Å². The van der Waals surface area contributed by atoms with Crippen LogP contribution >= 0.6 is 27.5 Å². The molecule has 0 aliphatic heterocycles. The summed E-state index contributed by atoms with van der Waals surface area (Å²) in [6, 6.07) is 26.1. The lowest BCUT2D eigenvalue weighted by Crippen LogP contribution is -1.91. The van der Waals surface area contributed by atoms with E-state index in [9.17, 15) is 5.26 Å². The Morgan fingerprint density at radius 3 is 2.38 bits per heavy atom.